The van der Waals surface area contributed by atoms with Crippen LogP contribution in [-0.4, -0.2) is 51.7 Å². The molecule has 0 fully saturated rings. The third kappa shape index (κ3) is 9.84. The summed E-state index contributed by atoms with van der Waals surface area (Å²) in [5, 5.41) is 11.4. The molecule has 0 rings (SSSR count). The van der Waals surface area contributed by atoms with E-state index < -0.39 is 0 Å². The topological polar surface area (TPSA) is 50.7 Å². The lowest BCUT2D eigenvalue weighted by Crippen LogP contribution is -2.16. The molecule has 0 unspecified atom stereocenters. The summed E-state index contributed by atoms with van der Waals surface area (Å²) >= 11 is 0. The smallest absolute Gasteiger partial charge is 0.0701 e. The molecule has 0 heterocycles. The van der Waals surface area contributed by atoms with Crippen molar-refractivity contribution in [3.8, 4) is 0 Å². The molecule has 0 radical (unpaired) electrons. The molecule has 74 valence electrons. The van der Waals surface area contributed by atoms with Crippen LogP contribution >= 0.6 is 0 Å². The number of aliphatic hydroxyl groups is 1. The number of likely N-dealkylation sites (N-methyl/N-ethyl adjacent to an activating group) is 1. The van der Waals surface area contributed by atoms with E-state index in [-0.39, 0.29) is 6.61 Å². The molecule has 2 N–H and O–H groups in total. The van der Waals surface area contributed by atoms with Gasteiger partial charge in [0, 0.05) is 19.8 Å². The summed E-state index contributed by atoms with van der Waals surface area (Å²) < 4.78 is 10.4. The van der Waals surface area contributed by atoms with E-state index >= 15 is 0 Å². The summed E-state index contributed by atoms with van der Waals surface area (Å²) in [6, 6.07) is 0. The van der Waals surface area contributed by atoms with Gasteiger partial charge in [-0.25, -0.2) is 0 Å². The first kappa shape index (κ1) is 11.8. The van der Waals surface area contributed by atoms with Gasteiger partial charge < -0.3 is 19.9 Å². The molecule has 0 spiro atoms. The molecule has 0 amide bonds. The number of rotatable bonds is 9. The molecule has 0 aliphatic rings. The lowest BCUT2D eigenvalue weighted by atomic mass is 10.5. The lowest BCUT2D eigenvalue weighted by molar-refractivity contribution is 0.0440. The Labute approximate surface area is 73.9 Å². The summed E-state index contributed by atoms with van der Waals surface area (Å²) in [5.74, 6) is 0. The van der Waals surface area contributed by atoms with Crippen LogP contribution in [0, 0.1) is 0 Å². The van der Waals surface area contributed by atoms with Crippen molar-refractivity contribution in [2.45, 2.75) is 6.42 Å². The van der Waals surface area contributed by atoms with Crippen LogP contribution in [0.25, 0.3) is 0 Å². The molecule has 12 heavy (non-hydrogen) atoms. The Balaban J connectivity index is 2.73. The summed E-state index contributed by atoms with van der Waals surface area (Å²) in [4.78, 5) is 0. The van der Waals surface area contributed by atoms with Gasteiger partial charge in [-0.05, 0) is 13.5 Å². The molecular formula is C8H19NO3. The van der Waals surface area contributed by atoms with Crippen molar-refractivity contribution in [2.75, 3.05) is 46.6 Å². The highest BCUT2D eigenvalue weighted by Crippen LogP contribution is 1.81. The average molecular weight is 177 g/mol. The zero-order valence-corrected chi connectivity index (χ0v) is 7.71. The molecule has 0 atom stereocenters. The number of ether oxygens (including phenoxy) is 2. The SMILES string of the molecule is CNCCOCCOCCCO. The first-order valence-corrected chi connectivity index (χ1v) is 4.32. The van der Waals surface area contributed by atoms with Gasteiger partial charge in [-0.1, -0.05) is 0 Å². The predicted molar refractivity (Wildman–Crippen MR) is 47.3 cm³/mol. The van der Waals surface area contributed by atoms with Crippen LogP contribution in [0.2, 0.25) is 0 Å². The molecule has 0 saturated heterocycles. The van der Waals surface area contributed by atoms with Crippen LogP contribution in [0.1, 0.15) is 6.42 Å². The molecule has 0 aromatic carbocycles. The van der Waals surface area contributed by atoms with Crippen LogP contribution in [0.15, 0.2) is 0 Å². The highest BCUT2D eigenvalue weighted by molar-refractivity contribution is 4.37. The monoisotopic (exact) mass is 177 g/mol. The van der Waals surface area contributed by atoms with Gasteiger partial charge in [0.25, 0.3) is 0 Å². The maximum atomic E-state index is 8.42. The van der Waals surface area contributed by atoms with Crippen molar-refractivity contribution in [1.29, 1.82) is 0 Å². The highest BCUT2D eigenvalue weighted by atomic mass is 16.5. The van der Waals surface area contributed by atoms with Crippen LogP contribution in [-0.2, 0) is 9.47 Å². The van der Waals surface area contributed by atoms with E-state index in [1.165, 1.54) is 0 Å². The van der Waals surface area contributed by atoms with E-state index in [0.29, 0.717) is 26.2 Å². The fourth-order valence-corrected chi connectivity index (χ4v) is 0.663. The minimum Gasteiger partial charge on any atom is -0.396 e. The number of hydrogen-bond acceptors (Lipinski definition) is 4. The largest absolute Gasteiger partial charge is 0.396 e. The van der Waals surface area contributed by atoms with Crippen LogP contribution in [0.4, 0.5) is 0 Å². The quantitative estimate of drug-likeness (QED) is 0.471. The Kier molecular flexibility index (Phi) is 10.7. The summed E-state index contributed by atoms with van der Waals surface area (Å²) in [5.41, 5.74) is 0. The number of aliphatic hydroxyl groups excluding tert-OH is 1. The Morgan fingerprint density at radius 3 is 2.33 bits per heavy atom. The lowest BCUT2D eigenvalue weighted by Gasteiger charge is -2.04. The van der Waals surface area contributed by atoms with E-state index in [1.54, 1.807) is 0 Å². The zero-order chi connectivity index (χ0) is 9.07. The minimum atomic E-state index is 0.195. The van der Waals surface area contributed by atoms with E-state index in [1.807, 2.05) is 7.05 Å². The molecule has 4 nitrogen and oxygen atoms in total. The van der Waals surface area contributed by atoms with Crippen molar-refractivity contribution in [3.05, 3.63) is 0 Å². The van der Waals surface area contributed by atoms with Gasteiger partial charge in [0.15, 0.2) is 0 Å². The second kappa shape index (κ2) is 10.8. The Morgan fingerprint density at radius 1 is 1.08 bits per heavy atom. The Morgan fingerprint density at radius 2 is 1.75 bits per heavy atom. The molecule has 4 heteroatoms. The maximum Gasteiger partial charge on any atom is 0.0701 e. The predicted octanol–water partition coefficient (Wildman–Crippen LogP) is -0.379. The highest BCUT2D eigenvalue weighted by Gasteiger charge is 1.88. The summed E-state index contributed by atoms with van der Waals surface area (Å²) in [7, 11) is 1.89. The molecule has 0 saturated carbocycles. The molecule has 0 aliphatic carbocycles. The Hall–Kier alpha value is -0.160. The van der Waals surface area contributed by atoms with Gasteiger partial charge in [-0.3, -0.25) is 0 Å². The summed E-state index contributed by atoms with van der Waals surface area (Å²) in [6.07, 6.45) is 0.705. The standard InChI is InChI=1S/C8H19NO3/c1-9-3-6-12-8-7-11-5-2-4-10/h9-10H,2-8H2,1H3. The van der Waals surface area contributed by atoms with Crippen molar-refractivity contribution < 1.29 is 14.6 Å². The van der Waals surface area contributed by atoms with E-state index in [0.717, 1.165) is 13.2 Å². The van der Waals surface area contributed by atoms with Crippen molar-refractivity contribution in [2.24, 2.45) is 0 Å². The van der Waals surface area contributed by atoms with Crippen LogP contribution in [0.5, 0.6) is 0 Å². The normalized spacial score (nSPS) is 10.5. The zero-order valence-electron chi connectivity index (χ0n) is 7.71. The average Bonchev–Trinajstić information content (AvgIpc) is 2.10. The van der Waals surface area contributed by atoms with Gasteiger partial charge in [0.05, 0.1) is 19.8 Å². The minimum absolute atomic E-state index is 0.195. The second-order valence-corrected chi connectivity index (χ2v) is 2.41. The van der Waals surface area contributed by atoms with E-state index in [4.69, 9.17) is 14.6 Å². The van der Waals surface area contributed by atoms with Crippen molar-refractivity contribution in [3.63, 3.8) is 0 Å². The molecule has 0 bridgehead atoms. The van der Waals surface area contributed by atoms with Gasteiger partial charge >= 0.3 is 0 Å². The number of hydrogen-bond donors (Lipinski definition) is 2. The van der Waals surface area contributed by atoms with Gasteiger partial charge in [0.2, 0.25) is 0 Å². The van der Waals surface area contributed by atoms with Crippen LogP contribution in [0.3, 0.4) is 0 Å². The fourth-order valence-electron chi connectivity index (χ4n) is 0.663. The number of nitrogens with one attached hydrogen (secondary N) is 1. The molecule has 0 aromatic heterocycles. The summed E-state index contributed by atoms with van der Waals surface area (Å²) in [6.45, 7) is 3.65. The third-order valence-electron chi connectivity index (χ3n) is 1.32. The van der Waals surface area contributed by atoms with E-state index in [9.17, 15) is 0 Å². The fraction of sp³-hybridized carbons (Fsp3) is 1.00. The van der Waals surface area contributed by atoms with E-state index in [2.05, 4.69) is 5.32 Å². The van der Waals surface area contributed by atoms with Crippen molar-refractivity contribution in [1.82, 2.24) is 5.32 Å². The second-order valence-electron chi connectivity index (χ2n) is 2.41. The van der Waals surface area contributed by atoms with Gasteiger partial charge in [0.1, 0.15) is 0 Å². The van der Waals surface area contributed by atoms with Crippen molar-refractivity contribution >= 4 is 0 Å². The first-order chi connectivity index (χ1) is 5.91. The van der Waals surface area contributed by atoms with Gasteiger partial charge in [-0.15, -0.1) is 0 Å². The maximum absolute atomic E-state index is 8.42. The Bertz CT molecular complexity index is 70.7. The molecule has 0 aromatic rings. The van der Waals surface area contributed by atoms with Crippen LogP contribution < -0.4 is 5.32 Å². The molecule has 0 aliphatic heterocycles. The third-order valence-corrected chi connectivity index (χ3v) is 1.32. The van der Waals surface area contributed by atoms with Gasteiger partial charge in [-0.2, -0.15) is 0 Å². The first-order valence-electron chi connectivity index (χ1n) is 4.32. The molecular weight excluding hydrogens is 158 g/mol.